The summed E-state index contributed by atoms with van der Waals surface area (Å²) in [6.07, 6.45) is 3.39. The summed E-state index contributed by atoms with van der Waals surface area (Å²) in [5.41, 5.74) is 10.2. The fraction of sp³-hybridized carbons (Fsp3) is 0.250. The number of rotatable bonds is 6. The molecule has 0 saturated carbocycles. The lowest BCUT2D eigenvalue weighted by atomic mass is 9.75. The molecule has 3 aromatic rings. The Morgan fingerprint density at radius 1 is 1.36 bits per heavy atom. The molecule has 0 saturated heterocycles. The second-order valence-corrected chi connectivity index (χ2v) is 11.3. The highest BCUT2D eigenvalue weighted by atomic mass is 32.2. The Hall–Kier alpha value is -3.53. The van der Waals surface area contributed by atoms with E-state index in [0.29, 0.717) is 45.0 Å². The molecule has 1 amide bonds. The molecule has 5 rings (SSSR count). The van der Waals surface area contributed by atoms with E-state index >= 15 is 0 Å². The maximum absolute atomic E-state index is 13.2. The molecule has 36 heavy (non-hydrogen) atoms. The number of aryl methyl sites for hydroxylation is 1. The van der Waals surface area contributed by atoms with Crippen LogP contribution in [0.2, 0.25) is 0 Å². The smallest absolute Gasteiger partial charge is 0.236 e. The summed E-state index contributed by atoms with van der Waals surface area (Å²) in [6.45, 7) is 1.98. The van der Waals surface area contributed by atoms with E-state index in [0.717, 1.165) is 16.8 Å². The fourth-order valence-corrected chi connectivity index (χ4v) is 6.63. The maximum atomic E-state index is 13.2. The van der Waals surface area contributed by atoms with Crippen molar-refractivity contribution < 1.29 is 9.59 Å². The average Bonchev–Trinajstić information content (AvgIpc) is 3.54. The molecule has 1 aromatic carbocycles. The Morgan fingerprint density at radius 3 is 2.97 bits per heavy atom. The van der Waals surface area contributed by atoms with Crippen LogP contribution >= 0.6 is 34.4 Å². The summed E-state index contributed by atoms with van der Waals surface area (Å²) >= 11 is 3.86. The molecule has 12 heteroatoms. The molecule has 2 aromatic heterocycles. The Morgan fingerprint density at radius 2 is 2.22 bits per heavy atom. The van der Waals surface area contributed by atoms with Gasteiger partial charge in [-0.15, -0.1) is 21.5 Å². The molecule has 1 aliphatic carbocycles. The summed E-state index contributed by atoms with van der Waals surface area (Å²) in [5, 5.41) is 24.2. The zero-order chi connectivity index (χ0) is 25.2. The topological polar surface area (TPSA) is 138 Å². The first-order valence-corrected chi connectivity index (χ1v) is 13.8. The zero-order valence-electron chi connectivity index (χ0n) is 19.2. The number of nitrogens with two attached hydrogens (primary N) is 1. The second-order valence-electron chi connectivity index (χ2n) is 8.26. The highest BCUT2D eigenvalue weighted by molar-refractivity contribution is 8.01. The number of ketones is 1. The van der Waals surface area contributed by atoms with Crippen LogP contribution in [0.15, 0.2) is 62.8 Å². The minimum Gasteiger partial charge on any atom is -0.384 e. The van der Waals surface area contributed by atoms with Gasteiger partial charge in [0.25, 0.3) is 0 Å². The third-order valence-corrected chi connectivity index (χ3v) is 8.61. The molecule has 0 bridgehead atoms. The minimum atomic E-state index is -0.509. The van der Waals surface area contributed by atoms with Crippen LogP contribution in [0, 0.1) is 18.3 Å². The van der Waals surface area contributed by atoms with E-state index in [4.69, 9.17) is 5.73 Å². The SMILES string of the molecule is Cc1cccc(C2C(C#N)=C(N)N(c3nnc(SCC(=O)Nc4nccs4)s3)C3=C2C(=O)CCC3)c1. The number of carbonyl (C=O) groups excluding carboxylic acids is 2. The first-order chi connectivity index (χ1) is 17.5. The highest BCUT2D eigenvalue weighted by Gasteiger charge is 2.41. The predicted octanol–water partition coefficient (Wildman–Crippen LogP) is 4.34. The van der Waals surface area contributed by atoms with Crippen LogP contribution in [0.25, 0.3) is 0 Å². The third kappa shape index (κ3) is 4.65. The Balaban J connectivity index is 1.46. The lowest BCUT2D eigenvalue weighted by Crippen LogP contribution is -2.38. The lowest BCUT2D eigenvalue weighted by Gasteiger charge is -2.38. The first-order valence-electron chi connectivity index (χ1n) is 11.1. The van der Waals surface area contributed by atoms with Crippen molar-refractivity contribution in [3.05, 3.63) is 69.6 Å². The van der Waals surface area contributed by atoms with Gasteiger partial charge in [-0.3, -0.25) is 14.5 Å². The van der Waals surface area contributed by atoms with Crippen molar-refractivity contribution in [2.75, 3.05) is 16.0 Å². The number of nitrogens with one attached hydrogen (secondary N) is 1. The first kappa shape index (κ1) is 24.2. The molecule has 9 nitrogen and oxygen atoms in total. The number of thioether (sulfide) groups is 1. The van der Waals surface area contributed by atoms with Crippen LogP contribution in [0.1, 0.15) is 36.3 Å². The standard InChI is InChI=1S/C24H21N7O2S3/c1-13-4-2-5-14(10-13)19-15(11-25)21(26)31(16-6-3-7-17(32)20(16)19)23-29-30-24(36-23)35-12-18(33)28-22-27-8-9-34-22/h2,4-5,8-10,19H,3,6-7,12,26H2,1H3,(H,27,28,33). The van der Waals surface area contributed by atoms with Gasteiger partial charge in [0.2, 0.25) is 11.0 Å². The van der Waals surface area contributed by atoms with Gasteiger partial charge in [0.15, 0.2) is 15.3 Å². The summed E-state index contributed by atoms with van der Waals surface area (Å²) in [5.74, 6) is -0.284. The Bertz CT molecular complexity index is 1440. The molecule has 2 aliphatic rings. The number of anilines is 2. The average molecular weight is 536 g/mol. The van der Waals surface area contributed by atoms with Gasteiger partial charge in [-0.05, 0) is 25.3 Å². The number of hydrogen-bond donors (Lipinski definition) is 2. The summed E-state index contributed by atoms with van der Waals surface area (Å²) in [4.78, 5) is 31.2. The van der Waals surface area contributed by atoms with Crippen molar-refractivity contribution in [1.82, 2.24) is 15.2 Å². The number of aromatic nitrogens is 3. The molecule has 0 radical (unpaired) electrons. The summed E-state index contributed by atoms with van der Waals surface area (Å²) in [7, 11) is 0. The number of nitriles is 1. The zero-order valence-corrected chi connectivity index (χ0v) is 21.7. The largest absolute Gasteiger partial charge is 0.384 e. The van der Waals surface area contributed by atoms with Gasteiger partial charge in [-0.2, -0.15) is 5.26 Å². The van der Waals surface area contributed by atoms with Crippen LogP contribution < -0.4 is 16.0 Å². The molecule has 1 atom stereocenters. The second kappa shape index (κ2) is 10.2. The van der Waals surface area contributed by atoms with Crippen LogP contribution in [-0.4, -0.2) is 32.6 Å². The van der Waals surface area contributed by atoms with Gasteiger partial charge in [0, 0.05) is 29.3 Å². The van der Waals surface area contributed by atoms with E-state index in [1.165, 1.54) is 34.4 Å². The van der Waals surface area contributed by atoms with Crippen molar-refractivity contribution in [1.29, 1.82) is 5.26 Å². The van der Waals surface area contributed by atoms with E-state index in [1.807, 2.05) is 31.2 Å². The van der Waals surface area contributed by atoms with E-state index in [2.05, 4.69) is 26.6 Å². The normalized spacial score (nSPS) is 17.7. The van der Waals surface area contributed by atoms with Crippen LogP contribution in [0.4, 0.5) is 10.3 Å². The Labute approximate surface area is 219 Å². The van der Waals surface area contributed by atoms with Crippen molar-refractivity contribution in [3.63, 3.8) is 0 Å². The van der Waals surface area contributed by atoms with Crippen LogP contribution in [-0.2, 0) is 9.59 Å². The van der Waals surface area contributed by atoms with E-state index in [1.54, 1.807) is 16.5 Å². The van der Waals surface area contributed by atoms with Gasteiger partial charge < -0.3 is 11.1 Å². The maximum Gasteiger partial charge on any atom is 0.236 e. The van der Waals surface area contributed by atoms with Crippen molar-refractivity contribution in [2.45, 2.75) is 36.4 Å². The number of benzene rings is 1. The number of carbonyl (C=O) groups is 2. The van der Waals surface area contributed by atoms with Gasteiger partial charge in [0.05, 0.1) is 23.3 Å². The minimum absolute atomic E-state index is 0.0194. The number of thiazole rings is 1. The number of nitrogens with zero attached hydrogens (tertiary/aromatic N) is 5. The van der Waals surface area contributed by atoms with Crippen molar-refractivity contribution in [2.24, 2.45) is 5.73 Å². The molecular weight excluding hydrogens is 515 g/mol. The number of hydrogen-bond acceptors (Lipinski definition) is 11. The molecule has 3 N–H and O–H groups in total. The third-order valence-electron chi connectivity index (χ3n) is 5.88. The van der Waals surface area contributed by atoms with Gasteiger partial charge in [-0.1, -0.05) is 52.9 Å². The van der Waals surface area contributed by atoms with E-state index in [-0.39, 0.29) is 23.3 Å². The molecule has 1 aliphatic heterocycles. The van der Waals surface area contributed by atoms with Gasteiger partial charge in [-0.25, -0.2) is 4.98 Å². The van der Waals surface area contributed by atoms with Gasteiger partial charge in [0.1, 0.15) is 5.82 Å². The van der Waals surface area contributed by atoms with Crippen molar-refractivity contribution in [3.8, 4) is 6.07 Å². The van der Waals surface area contributed by atoms with Crippen LogP contribution in [0.3, 0.4) is 0 Å². The van der Waals surface area contributed by atoms with Crippen LogP contribution in [0.5, 0.6) is 0 Å². The molecule has 3 heterocycles. The Kier molecular flexibility index (Phi) is 6.86. The molecule has 0 fully saturated rings. The van der Waals surface area contributed by atoms with Gasteiger partial charge >= 0.3 is 0 Å². The summed E-state index contributed by atoms with van der Waals surface area (Å²) in [6, 6.07) is 10.1. The fourth-order valence-electron chi connectivity index (χ4n) is 4.41. The number of Topliss-reactive ketones (excluding diaryl/α,β-unsaturated/α-hetero) is 1. The van der Waals surface area contributed by atoms with E-state index < -0.39 is 5.92 Å². The predicted molar refractivity (Wildman–Crippen MR) is 140 cm³/mol. The molecular formula is C24H21N7O2S3. The number of allylic oxidation sites excluding steroid dienone is 3. The lowest BCUT2D eigenvalue weighted by molar-refractivity contribution is -0.116. The highest BCUT2D eigenvalue weighted by Crippen LogP contribution is 2.47. The molecule has 1 unspecified atom stereocenters. The molecule has 0 spiro atoms. The molecule has 182 valence electrons. The van der Waals surface area contributed by atoms with Crippen molar-refractivity contribution >= 4 is 56.4 Å². The quantitative estimate of drug-likeness (QED) is 0.441. The summed E-state index contributed by atoms with van der Waals surface area (Å²) < 4.78 is 0.579. The number of amides is 1. The van der Waals surface area contributed by atoms with E-state index in [9.17, 15) is 14.9 Å². The monoisotopic (exact) mass is 535 g/mol.